The SMILES string of the molecule is c1ccc2c(c1)cc(-c1cc3c4ccccc4c(-c4ccc5sc6ccccc6c5c4)cc3c3ccccc13)c1ccccc12. The van der Waals surface area contributed by atoms with E-state index in [-0.39, 0.29) is 0 Å². The van der Waals surface area contributed by atoms with Gasteiger partial charge in [-0.1, -0.05) is 121 Å². The van der Waals surface area contributed by atoms with Crippen molar-refractivity contribution in [1.82, 2.24) is 0 Å². The molecule has 0 aliphatic carbocycles. The lowest BCUT2D eigenvalue weighted by Crippen LogP contribution is -1.90. The molecule has 0 unspecified atom stereocenters. The summed E-state index contributed by atoms with van der Waals surface area (Å²) in [5, 5.41) is 15.6. The van der Waals surface area contributed by atoms with Gasteiger partial charge in [-0.25, -0.2) is 0 Å². The number of benzene rings is 9. The molecular formula is C44H26S. The lowest BCUT2D eigenvalue weighted by atomic mass is 9.86. The first kappa shape index (κ1) is 24.9. The summed E-state index contributed by atoms with van der Waals surface area (Å²) in [4.78, 5) is 0. The van der Waals surface area contributed by atoms with Gasteiger partial charge in [0.2, 0.25) is 0 Å². The van der Waals surface area contributed by atoms with E-state index in [0.717, 1.165) is 0 Å². The standard InChI is InChI=1S/C44H26S/c1-2-12-29-27(11-1)23-38(32-15-5-3-13-30(29)32)40-26-41-33-16-6-4-14-31(33)37(25-39(41)34-17-7-8-18-35(34)40)28-21-22-44-42(24-28)36-19-9-10-20-43(36)45-44/h1-26H. The maximum Gasteiger partial charge on any atom is 0.0355 e. The first-order valence-electron chi connectivity index (χ1n) is 15.5. The van der Waals surface area contributed by atoms with Gasteiger partial charge in [-0.05, 0) is 113 Å². The van der Waals surface area contributed by atoms with Gasteiger partial charge >= 0.3 is 0 Å². The summed E-state index contributed by atoms with van der Waals surface area (Å²) in [6.07, 6.45) is 0. The zero-order valence-electron chi connectivity index (χ0n) is 24.4. The summed E-state index contributed by atoms with van der Waals surface area (Å²) >= 11 is 1.87. The van der Waals surface area contributed by atoms with Crippen LogP contribution in [0.25, 0.3) is 96.3 Å². The first-order valence-corrected chi connectivity index (χ1v) is 16.3. The second kappa shape index (κ2) is 9.50. The highest BCUT2D eigenvalue weighted by Crippen LogP contribution is 2.45. The molecule has 0 atom stereocenters. The Labute approximate surface area is 264 Å². The van der Waals surface area contributed by atoms with E-state index in [4.69, 9.17) is 0 Å². The Morgan fingerprint density at radius 2 is 0.733 bits per heavy atom. The molecule has 0 fully saturated rings. The summed E-state index contributed by atoms with van der Waals surface area (Å²) in [7, 11) is 0. The van der Waals surface area contributed by atoms with Crippen LogP contribution in [0.5, 0.6) is 0 Å². The smallest absolute Gasteiger partial charge is 0.0355 e. The quantitative estimate of drug-likeness (QED) is 0.177. The third-order valence-corrected chi connectivity index (χ3v) is 10.8. The Balaban J connectivity index is 1.32. The molecule has 1 aromatic heterocycles. The molecule has 1 heteroatoms. The van der Waals surface area contributed by atoms with Gasteiger partial charge in [0, 0.05) is 20.2 Å². The van der Waals surface area contributed by atoms with E-state index in [9.17, 15) is 0 Å². The molecule has 0 spiro atoms. The molecule has 10 aromatic rings. The maximum atomic E-state index is 2.45. The number of thiophene rings is 1. The third-order valence-electron chi connectivity index (χ3n) is 9.63. The highest BCUT2D eigenvalue weighted by Gasteiger charge is 2.17. The minimum absolute atomic E-state index is 1.26. The van der Waals surface area contributed by atoms with Crippen molar-refractivity contribution in [3.8, 4) is 22.3 Å². The van der Waals surface area contributed by atoms with Crippen LogP contribution in [-0.4, -0.2) is 0 Å². The molecule has 0 amide bonds. The van der Waals surface area contributed by atoms with Gasteiger partial charge in [-0.15, -0.1) is 11.3 Å². The van der Waals surface area contributed by atoms with Crippen LogP contribution in [-0.2, 0) is 0 Å². The van der Waals surface area contributed by atoms with Crippen LogP contribution in [0.15, 0.2) is 158 Å². The first-order chi connectivity index (χ1) is 22.3. The van der Waals surface area contributed by atoms with E-state index >= 15 is 0 Å². The summed E-state index contributed by atoms with van der Waals surface area (Å²) in [6, 6.07) is 58.6. The molecule has 0 saturated carbocycles. The van der Waals surface area contributed by atoms with Crippen molar-refractivity contribution < 1.29 is 0 Å². The normalized spacial score (nSPS) is 12.0. The molecule has 0 aliphatic heterocycles. The average Bonchev–Trinajstić information content (AvgIpc) is 3.48. The van der Waals surface area contributed by atoms with Crippen molar-refractivity contribution in [3.05, 3.63) is 158 Å². The summed E-state index contributed by atoms with van der Waals surface area (Å²) in [5.41, 5.74) is 5.11. The van der Waals surface area contributed by atoms with Crippen molar-refractivity contribution in [2.75, 3.05) is 0 Å². The number of hydrogen-bond acceptors (Lipinski definition) is 1. The molecule has 0 nitrogen and oxygen atoms in total. The van der Waals surface area contributed by atoms with Gasteiger partial charge < -0.3 is 0 Å². The van der Waals surface area contributed by atoms with Crippen LogP contribution in [0.1, 0.15) is 0 Å². The van der Waals surface area contributed by atoms with Crippen molar-refractivity contribution in [2.24, 2.45) is 0 Å². The van der Waals surface area contributed by atoms with E-state index in [1.54, 1.807) is 0 Å². The summed E-state index contributed by atoms with van der Waals surface area (Å²) in [5.74, 6) is 0. The second-order valence-electron chi connectivity index (χ2n) is 12.0. The molecule has 9 aromatic carbocycles. The van der Waals surface area contributed by atoms with E-state index in [2.05, 4.69) is 158 Å². The van der Waals surface area contributed by atoms with E-state index in [1.807, 2.05) is 11.3 Å². The Hall–Kier alpha value is -5.50. The fourth-order valence-electron chi connectivity index (χ4n) is 7.58. The highest BCUT2D eigenvalue weighted by atomic mass is 32.1. The van der Waals surface area contributed by atoms with E-state index in [0.29, 0.717) is 0 Å². The van der Waals surface area contributed by atoms with Crippen LogP contribution in [0.2, 0.25) is 0 Å². The molecule has 0 radical (unpaired) electrons. The van der Waals surface area contributed by atoms with Crippen molar-refractivity contribution in [2.45, 2.75) is 0 Å². The molecule has 0 bridgehead atoms. The van der Waals surface area contributed by atoms with Crippen molar-refractivity contribution in [3.63, 3.8) is 0 Å². The Bertz CT molecular complexity index is 2820. The Kier molecular flexibility index (Phi) is 5.25. The monoisotopic (exact) mass is 586 g/mol. The maximum absolute atomic E-state index is 2.45. The molecule has 208 valence electrons. The molecule has 1 heterocycles. The summed E-state index contributed by atoms with van der Waals surface area (Å²) < 4.78 is 2.68. The topological polar surface area (TPSA) is 0 Å². The Morgan fingerprint density at radius 3 is 1.42 bits per heavy atom. The third kappa shape index (κ3) is 3.65. The minimum Gasteiger partial charge on any atom is -0.135 e. The van der Waals surface area contributed by atoms with Crippen LogP contribution < -0.4 is 0 Å². The van der Waals surface area contributed by atoms with Crippen molar-refractivity contribution >= 4 is 85.4 Å². The van der Waals surface area contributed by atoms with Gasteiger partial charge in [0.25, 0.3) is 0 Å². The van der Waals surface area contributed by atoms with Gasteiger partial charge in [-0.2, -0.15) is 0 Å². The van der Waals surface area contributed by atoms with E-state index < -0.39 is 0 Å². The fourth-order valence-corrected chi connectivity index (χ4v) is 8.67. The largest absolute Gasteiger partial charge is 0.135 e. The van der Waals surface area contributed by atoms with Crippen molar-refractivity contribution in [1.29, 1.82) is 0 Å². The zero-order chi connectivity index (χ0) is 29.5. The number of rotatable bonds is 2. The molecular weight excluding hydrogens is 561 g/mol. The predicted molar refractivity (Wildman–Crippen MR) is 198 cm³/mol. The molecule has 0 N–H and O–H groups in total. The van der Waals surface area contributed by atoms with Gasteiger partial charge in [0.05, 0.1) is 0 Å². The second-order valence-corrected chi connectivity index (χ2v) is 13.1. The van der Waals surface area contributed by atoms with Crippen LogP contribution in [0, 0.1) is 0 Å². The van der Waals surface area contributed by atoms with Gasteiger partial charge in [0.1, 0.15) is 0 Å². The van der Waals surface area contributed by atoms with Gasteiger partial charge in [-0.3, -0.25) is 0 Å². The molecule has 10 rings (SSSR count). The molecule has 0 saturated heterocycles. The summed E-state index contributed by atoms with van der Waals surface area (Å²) in [6.45, 7) is 0. The predicted octanol–water partition coefficient (Wildman–Crippen LogP) is 13.2. The highest BCUT2D eigenvalue weighted by molar-refractivity contribution is 7.25. The van der Waals surface area contributed by atoms with Crippen LogP contribution >= 0.6 is 11.3 Å². The van der Waals surface area contributed by atoms with Crippen LogP contribution in [0.4, 0.5) is 0 Å². The lowest BCUT2D eigenvalue weighted by molar-refractivity contribution is 1.71. The van der Waals surface area contributed by atoms with Crippen LogP contribution in [0.3, 0.4) is 0 Å². The number of fused-ring (bicyclic) bond motifs is 11. The van der Waals surface area contributed by atoms with Gasteiger partial charge in [0.15, 0.2) is 0 Å². The average molecular weight is 587 g/mol. The fraction of sp³-hybridized carbons (Fsp3) is 0. The zero-order valence-corrected chi connectivity index (χ0v) is 25.2. The number of hydrogen-bond donors (Lipinski definition) is 0. The molecule has 45 heavy (non-hydrogen) atoms. The Morgan fingerprint density at radius 1 is 0.267 bits per heavy atom. The minimum atomic E-state index is 1.26. The molecule has 0 aliphatic rings. The van der Waals surface area contributed by atoms with E-state index in [1.165, 1.54) is 96.3 Å². The lowest BCUT2D eigenvalue weighted by Gasteiger charge is -2.18.